The van der Waals surface area contributed by atoms with Crippen molar-refractivity contribution in [3.05, 3.63) is 152 Å². The summed E-state index contributed by atoms with van der Waals surface area (Å²) >= 11 is 0. The summed E-state index contributed by atoms with van der Waals surface area (Å²) in [7, 11) is 0. The van der Waals surface area contributed by atoms with Gasteiger partial charge in [-0.05, 0) is 73.3 Å². The third-order valence-electron chi connectivity index (χ3n) is 8.79. The molecule has 2 heteroatoms. The number of para-hydroxylation sites is 1. The first-order chi connectivity index (χ1) is 21.3. The predicted octanol–water partition coefficient (Wildman–Crippen LogP) is 11.3. The van der Waals surface area contributed by atoms with Crippen LogP contribution in [0.2, 0.25) is 0 Å². The van der Waals surface area contributed by atoms with Crippen LogP contribution in [0.1, 0.15) is 0 Å². The van der Waals surface area contributed by atoms with Gasteiger partial charge < -0.3 is 4.42 Å². The number of hydrogen-bond donors (Lipinski definition) is 0. The van der Waals surface area contributed by atoms with Gasteiger partial charge in [0.15, 0.2) is 0 Å². The van der Waals surface area contributed by atoms with Gasteiger partial charge in [0.2, 0.25) is 0 Å². The molecular formula is C41H25NO. The normalized spacial score (nSPS) is 11.7. The minimum Gasteiger partial charge on any atom is -0.455 e. The lowest BCUT2D eigenvalue weighted by Crippen LogP contribution is -1.97. The molecule has 43 heavy (non-hydrogen) atoms. The highest BCUT2D eigenvalue weighted by Gasteiger charge is 2.22. The molecule has 8 aromatic rings. The molecule has 0 fully saturated rings. The summed E-state index contributed by atoms with van der Waals surface area (Å²) in [5.41, 5.74) is 16.4. The van der Waals surface area contributed by atoms with Crippen molar-refractivity contribution in [2.24, 2.45) is 0 Å². The molecule has 0 spiro atoms. The zero-order chi connectivity index (χ0) is 28.3. The minimum atomic E-state index is 0.860. The van der Waals surface area contributed by atoms with Gasteiger partial charge in [0.25, 0.3) is 0 Å². The number of fused-ring (bicyclic) bond motifs is 11. The molecular weight excluding hydrogens is 522 g/mol. The lowest BCUT2D eigenvalue weighted by atomic mass is 9.80. The molecule has 1 aliphatic rings. The summed E-state index contributed by atoms with van der Waals surface area (Å²) < 4.78 is 6.28. The molecule has 1 aliphatic carbocycles. The zero-order valence-electron chi connectivity index (χ0n) is 23.3. The van der Waals surface area contributed by atoms with Gasteiger partial charge in [-0.25, -0.2) is 0 Å². The Morgan fingerprint density at radius 1 is 0.372 bits per heavy atom. The third-order valence-corrected chi connectivity index (χ3v) is 8.79. The van der Waals surface area contributed by atoms with Crippen LogP contribution in [0.5, 0.6) is 0 Å². The molecule has 0 bridgehead atoms. The average Bonchev–Trinajstić information content (AvgIpc) is 3.47. The van der Waals surface area contributed by atoms with Crippen molar-refractivity contribution in [3.8, 4) is 66.8 Å². The second-order valence-corrected chi connectivity index (χ2v) is 11.1. The van der Waals surface area contributed by atoms with E-state index in [0.717, 1.165) is 33.1 Å². The highest BCUT2D eigenvalue weighted by molar-refractivity contribution is 6.09. The summed E-state index contributed by atoms with van der Waals surface area (Å²) in [5, 5.41) is 2.13. The first-order valence-corrected chi connectivity index (χ1v) is 14.6. The molecule has 0 unspecified atom stereocenters. The van der Waals surface area contributed by atoms with E-state index in [4.69, 9.17) is 4.42 Å². The van der Waals surface area contributed by atoms with Crippen molar-refractivity contribution in [1.82, 2.24) is 4.98 Å². The van der Waals surface area contributed by atoms with Gasteiger partial charge in [-0.2, -0.15) is 0 Å². The third kappa shape index (κ3) is 3.70. The van der Waals surface area contributed by atoms with Crippen molar-refractivity contribution >= 4 is 21.9 Å². The Kier molecular flexibility index (Phi) is 5.23. The van der Waals surface area contributed by atoms with Gasteiger partial charge in [0.1, 0.15) is 11.2 Å². The molecule has 0 aliphatic heterocycles. The van der Waals surface area contributed by atoms with Gasteiger partial charge in [-0.15, -0.1) is 0 Å². The predicted molar refractivity (Wildman–Crippen MR) is 178 cm³/mol. The second-order valence-electron chi connectivity index (χ2n) is 11.1. The molecule has 0 amide bonds. The Morgan fingerprint density at radius 3 is 1.51 bits per heavy atom. The van der Waals surface area contributed by atoms with Crippen LogP contribution >= 0.6 is 0 Å². The number of furan rings is 1. The maximum atomic E-state index is 6.28. The molecule has 0 atom stereocenters. The van der Waals surface area contributed by atoms with Crippen LogP contribution in [-0.2, 0) is 0 Å². The Morgan fingerprint density at radius 2 is 0.884 bits per heavy atom. The Labute approximate surface area is 249 Å². The molecule has 9 rings (SSSR count). The molecule has 0 saturated carbocycles. The van der Waals surface area contributed by atoms with Crippen molar-refractivity contribution in [3.63, 3.8) is 0 Å². The number of nitrogens with zero attached hydrogens (tertiary/aromatic N) is 1. The molecule has 6 aromatic carbocycles. The summed E-state index contributed by atoms with van der Waals surface area (Å²) in [5.74, 6) is 0. The van der Waals surface area contributed by atoms with E-state index in [1.54, 1.807) is 6.20 Å². The molecule has 200 valence electrons. The highest BCUT2D eigenvalue weighted by atomic mass is 16.3. The van der Waals surface area contributed by atoms with Crippen molar-refractivity contribution in [2.45, 2.75) is 0 Å². The summed E-state index contributed by atoms with van der Waals surface area (Å²) in [6, 6.07) is 50.4. The molecule has 0 saturated heterocycles. The van der Waals surface area contributed by atoms with Gasteiger partial charge in [-0.1, -0.05) is 127 Å². The standard InChI is InChI=1S/C41H25NO/c1-2-9-31-30(8-1)32-10-3-4-12-34(32)36-21-20-28(24-38(36)35-13-6-5-11-33(31)35)26-16-18-27(19-17-26)29-14-7-15-37-39-25-42-23-22-40(39)43-41(29)37/h1-25H. The van der Waals surface area contributed by atoms with E-state index in [2.05, 4.69) is 138 Å². The fourth-order valence-electron chi connectivity index (χ4n) is 6.75. The summed E-state index contributed by atoms with van der Waals surface area (Å²) in [6.07, 6.45) is 3.65. The first-order valence-electron chi connectivity index (χ1n) is 14.6. The number of rotatable bonds is 2. The Bertz CT molecular complexity index is 2340. The van der Waals surface area contributed by atoms with Gasteiger partial charge in [0, 0.05) is 28.7 Å². The van der Waals surface area contributed by atoms with Crippen LogP contribution in [0.15, 0.2) is 156 Å². The molecule has 2 aromatic heterocycles. The molecule has 0 radical (unpaired) electrons. The van der Waals surface area contributed by atoms with Gasteiger partial charge in [0.05, 0.1) is 0 Å². The van der Waals surface area contributed by atoms with Crippen LogP contribution < -0.4 is 0 Å². The number of aromatic nitrogens is 1. The molecule has 2 nitrogen and oxygen atoms in total. The van der Waals surface area contributed by atoms with Crippen LogP contribution in [0.25, 0.3) is 88.7 Å². The van der Waals surface area contributed by atoms with E-state index in [9.17, 15) is 0 Å². The molecule has 0 N–H and O–H groups in total. The largest absolute Gasteiger partial charge is 0.455 e. The smallest absolute Gasteiger partial charge is 0.143 e. The van der Waals surface area contributed by atoms with E-state index in [0.29, 0.717) is 0 Å². The Balaban J connectivity index is 1.19. The van der Waals surface area contributed by atoms with Crippen LogP contribution in [0.4, 0.5) is 0 Å². The summed E-state index contributed by atoms with van der Waals surface area (Å²) in [6.45, 7) is 0. The van der Waals surface area contributed by atoms with E-state index in [1.165, 1.54) is 55.6 Å². The SMILES string of the molecule is c1ccc2c(c1)-c1ccccc1-c1ccc(-c3ccc(-c4cccc5c4oc4ccncc45)cc3)cc1-c1ccccc1-2. The fraction of sp³-hybridized carbons (Fsp3) is 0. The average molecular weight is 548 g/mol. The first kappa shape index (κ1) is 23.9. The summed E-state index contributed by atoms with van der Waals surface area (Å²) in [4.78, 5) is 4.30. The van der Waals surface area contributed by atoms with Crippen molar-refractivity contribution < 1.29 is 4.42 Å². The van der Waals surface area contributed by atoms with E-state index in [1.807, 2.05) is 12.3 Å². The van der Waals surface area contributed by atoms with E-state index >= 15 is 0 Å². The quantitative estimate of drug-likeness (QED) is 0.215. The van der Waals surface area contributed by atoms with Crippen LogP contribution in [-0.4, -0.2) is 4.98 Å². The maximum Gasteiger partial charge on any atom is 0.143 e. The fourth-order valence-corrected chi connectivity index (χ4v) is 6.75. The maximum absolute atomic E-state index is 6.28. The van der Waals surface area contributed by atoms with Crippen LogP contribution in [0, 0.1) is 0 Å². The number of benzene rings is 6. The lowest BCUT2D eigenvalue weighted by molar-refractivity contribution is 0.669. The minimum absolute atomic E-state index is 0.860. The van der Waals surface area contributed by atoms with Gasteiger partial charge in [-0.3, -0.25) is 4.98 Å². The topological polar surface area (TPSA) is 26.0 Å². The monoisotopic (exact) mass is 547 g/mol. The number of hydrogen-bond acceptors (Lipinski definition) is 2. The van der Waals surface area contributed by atoms with E-state index < -0.39 is 0 Å². The number of pyridine rings is 1. The lowest BCUT2D eigenvalue weighted by Gasteiger charge is -2.23. The zero-order valence-corrected chi connectivity index (χ0v) is 23.3. The van der Waals surface area contributed by atoms with E-state index in [-0.39, 0.29) is 0 Å². The van der Waals surface area contributed by atoms with Crippen LogP contribution in [0.3, 0.4) is 0 Å². The highest BCUT2D eigenvalue weighted by Crippen LogP contribution is 2.48. The molecule has 2 heterocycles. The second kappa shape index (κ2) is 9.40. The van der Waals surface area contributed by atoms with Gasteiger partial charge >= 0.3 is 0 Å². The van der Waals surface area contributed by atoms with Crippen molar-refractivity contribution in [1.29, 1.82) is 0 Å². The Hall–Kier alpha value is -5.73. The van der Waals surface area contributed by atoms with Crippen molar-refractivity contribution in [2.75, 3.05) is 0 Å².